The predicted molar refractivity (Wildman–Crippen MR) is 53.0 cm³/mol. The van der Waals surface area contributed by atoms with Crippen LogP contribution in [0.5, 0.6) is 0 Å². The summed E-state index contributed by atoms with van der Waals surface area (Å²) in [5.41, 5.74) is 0. The molecule has 1 aliphatic rings. The van der Waals surface area contributed by atoms with Crippen molar-refractivity contribution in [2.75, 3.05) is 13.1 Å². The van der Waals surface area contributed by atoms with Crippen LogP contribution in [0, 0.1) is 0 Å². The summed E-state index contributed by atoms with van der Waals surface area (Å²) in [4.78, 5) is 6.36. The Kier molecular flexibility index (Phi) is 2.83. The van der Waals surface area contributed by atoms with Gasteiger partial charge in [0, 0.05) is 13.1 Å². The van der Waals surface area contributed by atoms with E-state index in [2.05, 4.69) is 9.88 Å². The van der Waals surface area contributed by atoms with E-state index in [1.54, 1.807) is 6.20 Å². The molecule has 0 radical (unpaired) electrons. The van der Waals surface area contributed by atoms with Crippen LogP contribution in [-0.4, -0.2) is 34.2 Å². The molecule has 1 N–H and O–H groups in total. The fourth-order valence-electron chi connectivity index (χ4n) is 1.51. The van der Waals surface area contributed by atoms with Gasteiger partial charge in [-0.05, 0) is 6.42 Å². The van der Waals surface area contributed by atoms with Crippen molar-refractivity contribution in [3.63, 3.8) is 0 Å². The summed E-state index contributed by atoms with van der Waals surface area (Å²) in [5, 5.41) is 10.3. The topological polar surface area (TPSA) is 36.4 Å². The van der Waals surface area contributed by atoms with Crippen LogP contribution in [0.3, 0.4) is 0 Å². The molecule has 0 aromatic carbocycles. The van der Waals surface area contributed by atoms with Gasteiger partial charge in [0.05, 0.1) is 18.8 Å². The summed E-state index contributed by atoms with van der Waals surface area (Å²) in [7, 11) is 0. The van der Waals surface area contributed by atoms with E-state index < -0.39 is 0 Å². The van der Waals surface area contributed by atoms with Crippen molar-refractivity contribution in [3.8, 4) is 0 Å². The zero-order chi connectivity index (χ0) is 9.26. The van der Waals surface area contributed by atoms with E-state index in [0.29, 0.717) is 0 Å². The number of nitrogens with zero attached hydrogens (tertiary/aromatic N) is 2. The molecule has 0 spiro atoms. The van der Waals surface area contributed by atoms with Gasteiger partial charge >= 0.3 is 0 Å². The molecular formula is C8H11ClN2OS. The van der Waals surface area contributed by atoms with Gasteiger partial charge in [-0.25, -0.2) is 4.98 Å². The van der Waals surface area contributed by atoms with Crippen molar-refractivity contribution in [1.29, 1.82) is 0 Å². The van der Waals surface area contributed by atoms with E-state index in [-0.39, 0.29) is 6.10 Å². The molecule has 0 aliphatic carbocycles. The highest BCUT2D eigenvalue weighted by Crippen LogP contribution is 2.21. The molecule has 1 aromatic heterocycles. The quantitative estimate of drug-likeness (QED) is 0.815. The average molecular weight is 219 g/mol. The van der Waals surface area contributed by atoms with Crippen LogP contribution >= 0.6 is 22.9 Å². The molecule has 0 amide bonds. The van der Waals surface area contributed by atoms with Gasteiger partial charge in [-0.2, -0.15) is 0 Å². The summed E-state index contributed by atoms with van der Waals surface area (Å²) in [6.07, 6.45) is 2.39. The van der Waals surface area contributed by atoms with Crippen LogP contribution in [0.4, 0.5) is 0 Å². The second-order valence-electron chi connectivity index (χ2n) is 3.24. The fraction of sp³-hybridized carbons (Fsp3) is 0.625. The number of aliphatic hydroxyl groups excluding tert-OH is 1. The van der Waals surface area contributed by atoms with Gasteiger partial charge in [-0.15, -0.1) is 11.3 Å². The number of aliphatic hydroxyl groups is 1. The van der Waals surface area contributed by atoms with E-state index >= 15 is 0 Å². The smallest absolute Gasteiger partial charge is 0.113 e. The Hall–Kier alpha value is -0.160. The molecule has 1 aromatic rings. The molecule has 0 saturated carbocycles. The maximum absolute atomic E-state index is 9.30. The highest BCUT2D eigenvalue weighted by atomic mass is 35.5. The molecule has 5 heteroatoms. The first-order valence-corrected chi connectivity index (χ1v) is 5.44. The van der Waals surface area contributed by atoms with Gasteiger partial charge in [0.2, 0.25) is 0 Å². The molecule has 0 bridgehead atoms. The van der Waals surface area contributed by atoms with E-state index in [1.165, 1.54) is 11.3 Å². The van der Waals surface area contributed by atoms with E-state index in [4.69, 9.17) is 11.6 Å². The third-order valence-corrected chi connectivity index (χ3v) is 3.23. The minimum Gasteiger partial charge on any atom is -0.392 e. The first-order valence-electron chi connectivity index (χ1n) is 4.24. The number of β-amino-alcohol motifs (C(OH)–C–C–N with tert-alkyl or cyclic N) is 1. The van der Waals surface area contributed by atoms with Crippen molar-refractivity contribution in [1.82, 2.24) is 9.88 Å². The second-order valence-corrected chi connectivity index (χ2v) is 4.98. The number of thiazole rings is 1. The number of rotatable bonds is 2. The van der Waals surface area contributed by atoms with Crippen LogP contribution in [0.2, 0.25) is 4.34 Å². The molecular weight excluding hydrogens is 208 g/mol. The van der Waals surface area contributed by atoms with Gasteiger partial charge in [0.25, 0.3) is 0 Å². The van der Waals surface area contributed by atoms with Crippen LogP contribution in [-0.2, 0) is 6.54 Å². The third-order valence-electron chi connectivity index (χ3n) is 2.13. The molecule has 1 aliphatic heterocycles. The van der Waals surface area contributed by atoms with Gasteiger partial charge in [0.1, 0.15) is 9.34 Å². The standard InChI is InChI=1S/C8H11ClN2OS/c9-7-3-10-8(13-7)5-11-2-1-6(12)4-11/h3,6,12H,1-2,4-5H2. The van der Waals surface area contributed by atoms with Crippen LogP contribution < -0.4 is 0 Å². The van der Waals surface area contributed by atoms with Crippen LogP contribution in [0.15, 0.2) is 6.20 Å². The van der Waals surface area contributed by atoms with Crippen molar-refractivity contribution in [3.05, 3.63) is 15.5 Å². The lowest BCUT2D eigenvalue weighted by atomic mass is 10.3. The number of aromatic nitrogens is 1. The monoisotopic (exact) mass is 218 g/mol. The second kappa shape index (κ2) is 3.92. The third kappa shape index (κ3) is 2.40. The molecule has 1 atom stereocenters. The van der Waals surface area contributed by atoms with Gasteiger partial charge in [-0.3, -0.25) is 4.90 Å². The van der Waals surface area contributed by atoms with Crippen molar-refractivity contribution >= 4 is 22.9 Å². The zero-order valence-corrected chi connectivity index (χ0v) is 8.68. The van der Waals surface area contributed by atoms with E-state index in [9.17, 15) is 5.11 Å². The summed E-state index contributed by atoms with van der Waals surface area (Å²) < 4.78 is 0.731. The zero-order valence-electron chi connectivity index (χ0n) is 7.11. The Morgan fingerprint density at radius 1 is 1.77 bits per heavy atom. The lowest BCUT2D eigenvalue weighted by Gasteiger charge is -2.11. The fourth-order valence-corrected chi connectivity index (χ4v) is 2.51. The summed E-state index contributed by atoms with van der Waals surface area (Å²) in [6, 6.07) is 0. The molecule has 2 heterocycles. The Morgan fingerprint density at radius 2 is 2.62 bits per heavy atom. The number of likely N-dealkylation sites (tertiary alicyclic amines) is 1. The van der Waals surface area contributed by atoms with Crippen LogP contribution in [0.1, 0.15) is 11.4 Å². The maximum Gasteiger partial charge on any atom is 0.113 e. The Labute approximate surface area is 86.0 Å². The minimum absolute atomic E-state index is 0.157. The predicted octanol–water partition coefficient (Wildman–Crippen LogP) is 1.36. The Morgan fingerprint density at radius 3 is 3.15 bits per heavy atom. The molecule has 1 saturated heterocycles. The molecule has 72 valence electrons. The number of hydrogen-bond acceptors (Lipinski definition) is 4. The van der Waals surface area contributed by atoms with Crippen molar-refractivity contribution < 1.29 is 5.11 Å². The Balaban J connectivity index is 1.91. The highest BCUT2D eigenvalue weighted by Gasteiger charge is 2.20. The van der Waals surface area contributed by atoms with E-state index in [1.807, 2.05) is 0 Å². The minimum atomic E-state index is -0.157. The largest absolute Gasteiger partial charge is 0.392 e. The lowest BCUT2D eigenvalue weighted by molar-refractivity contribution is 0.175. The first-order chi connectivity index (χ1) is 6.24. The van der Waals surface area contributed by atoms with Crippen molar-refractivity contribution in [2.45, 2.75) is 19.1 Å². The lowest BCUT2D eigenvalue weighted by Crippen LogP contribution is -2.21. The average Bonchev–Trinajstić information content (AvgIpc) is 2.62. The number of halogens is 1. The normalized spacial score (nSPS) is 24.0. The molecule has 13 heavy (non-hydrogen) atoms. The Bertz CT molecular complexity index is 291. The highest BCUT2D eigenvalue weighted by molar-refractivity contribution is 7.15. The van der Waals surface area contributed by atoms with Crippen LogP contribution in [0.25, 0.3) is 0 Å². The van der Waals surface area contributed by atoms with Gasteiger partial charge in [0.15, 0.2) is 0 Å². The van der Waals surface area contributed by atoms with Gasteiger partial charge < -0.3 is 5.11 Å². The first kappa shape index (κ1) is 9.40. The summed E-state index contributed by atoms with van der Waals surface area (Å²) in [6.45, 7) is 2.53. The molecule has 3 nitrogen and oxygen atoms in total. The molecule has 2 rings (SSSR count). The molecule has 1 unspecified atom stereocenters. The SMILES string of the molecule is OC1CCN(Cc2ncc(Cl)s2)C1. The van der Waals surface area contributed by atoms with E-state index in [0.717, 1.165) is 35.4 Å². The summed E-state index contributed by atoms with van der Waals surface area (Å²) in [5.74, 6) is 0. The number of hydrogen-bond donors (Lipinski definition) is 1. The van der Waals surface area contributed by atoms with Gasteiger partial charge in [-0.1, -0.05) is 11.6 Å². The summed E-state index contributed by atoms with van der Waals surface area (Å²) >= 11 is 7.27. The maximum atomic E-state index is 9.30. The molecule has 1 fully saturated rings. The van der Waals surface area contributed by atoms with Crippen molar-refractivity contribution in [2.24, 2.45) is 0 Å².